The molecule has 2 aromatic rings. The minimum Gasteiger partial charge on any atom is -0.481 e. The van der Waals surface area contributed by atoms with Crippen LogP contribution in [0, 0.1) is 0 Å². The van der Waals surface area contributed by atoms with E-state index in [1.807, 2.05) is 26.0 Å². The predicted octanol–water partition coefficient (Wildman–Crippen LogP) is 2.80. The second-order valence-electron chi connectivity index (χ2n) is 5.41. The number of anilines is 1. The topological polar surface area (TPSA) is 95.1 Å². The van der Waals surface area contributed by atoms with Gasteiger partial charge in [-0.2, -0.15) is 5.10 Å². The Morgan fingerprint density at radius 2 is 1.95 bits per heavy atom. The molecule has 1 amide bonds. The van der Waals surface area contributed by atoms with Crippen molar-refractivity contribution in [2.24, 2.45) is 0 Å². The first-order chi connectivity index (χ1) is 10.5. The van der Waals surface area contributed by atoms with Crippen molar-refractivity contribution in [3.63, 3.8) is 0 Å². The average Bonchev–Trinajstić information content (AvgIpc) is 2.96. The van der Waals surface area contributed by atoms with Gasteiger partial charge in [0.1, 0.15) is 0 Å². The van der Waals surface area contributed by atoms with Gasteiger partial charge in [-0.15, -0.1) is 0 Å². The summed E-state index contributed by atoms with van der Waals surface area (Å²) in [6.07, 6.45) is 0.567. The van der Waals surface area contributed by atoms with Crippen LogP contribution >= 0.6 is 0 Å². The number of carbonyl (C=O) groups is 2. The monoisotopic (exact) mass is 301 g/mol. The zero-order valence-corrected chi connectivity index (χ0v) is 12.6. The molecule has 116 valence electrons. The summed E-state index contributed by atoms with van der Waals surface area (Å²) in [5.41, 5.74) is 2.83. The second kappa shape index (κ2) is 6.89. The number of carboxylic acid groups (broad SMARTS) is 1. The molecule has 0 atom stereocenters. The summed E-state index contributed by atoms with van der Waals surface area (Å²) in [6, 6.07) is 8.86. The van der Waals surface area contributed by atoms with Gasteiger partial charge in [-0.3, -0.25) is 14.7 Å². The molecule has 1 aromatic heterocycles. The molecule has 1 heterocycles. The number of benzene rings is 1. The number of H-pyrrole nitrogens is 1. The van der Waals surface area contributed by atoms with Crippen LogP contribution in [0.2, 0.25) is 0 Å². The maximum Gasteiger partial charge on any atom is 0.303 e. The van der Waals surface area contributed by atoms with Crippen molar-refractivity contribution in [1.29, 1.82) is 0 Å². The van der Waals surface area contributed by atoms with Crippen LogP contribution in [0.1, 0.15) is 47.9 Å². The Morgan fingerprint density at radius 3 is 2.50 bits per heavy atom. The molecule has 0 spiro atoms. The van der Waals surface area contributed by atoms with E-state index >= 15 is 0 Å². The Bertz CT molecular complexity index is 660. The SMILES string of the molecule is CC(C)c1cc(C(=O)Nc2ccc(CCC(=O)O)cc2)n[nH]1. The molecule has 2 rings (SSSR count). The average molecular weight is 301 g/mol. The lowest BCUT2D eigenvalue weighted by molar-refractivity contribution is -0.136. The number of aromatic nitrogens is 2. The van der Waals surface area contributed by atoms with Crippen LogP contribution in [0.5, 0.6) is 0 Å². The van der Waals surface area contributed by atoms with E-state index in [1.54, 1.807) is 18.2 Å². The highest BCUT2D eigenvalue weighted by molar-refractivity contribution is 6.02. The fourth-order valence-electron chi connectivity index (χ4n) is 1.95. The van der Waals surface area contributed by atoms with E-state index in [9.17, 15) is 9.59 Å². The summed E-state index contributed by atoms with van der Waals surface area (Å²) in [5.74, 6) is -0.819. The molecule has 0 bridgehead atoms. The highest BCUT2D eigenvalue weighted by Gasteiger charge is 2.12. The van der Waals surface area contributed by atoms with Gasteiger partial charge in [-0.1, -0.05) is 26.0 Å². The first kappa shape index (κ1) is 15.8. The highest BCUT2D eigenvalue weighted by atomic mass is 16.4. The molecule has 6 nitrogen and oxygen atoms in total. The lowest BCUT2D eigenvalue weighted by Crippen LogP contribution is -2.12. The van der Waals surface area contributed by atoms with Crippen LogP contribution in [0.15, 0.2) is 30.3 Å². The van der Waals surface area contributed by atoms with Gasteiger partial charge >= 0.3 is 5.97 Å². The first-order valence-corrected chi connectivity index (χ1v) is 7.13. The summed E-state index contributed by atoms with van der Waals surface area (Å²) >= 11 is 0. The van der Waals surface area contributed by atoms with E-state index in [4.69, 9.17) is 5.11 Å². The largest absolute Gasteiger partial charge is 0.481 e. The van der Waals surface area contributed by atoms with Crippen molar-refractivity contribution in [2.45, 2.75) is 32.6 Å². The van der Waals surface area contributed by atoms with Gasteiger partial charge < -0.3 is 10.4 Å². The molecule has 0 aliphatic carbocycles. The van der Waals surface area contributed by atoms with Crippen molar-refractivity contribution in [3.8, 4) is 0 Å². The van der Waals surface area contributed by atoms with E-state index in [0.717, 1.165) is 11.3 Å². The van der Waals surface area contributed by atoms with E-state index in [0.29, 0.717) is 17.8 Å². The Kier molecular flexibility index (Phi) is 4.93. The van der Waals surface area contributed by atoms with Crippen LogP contribution in [0.25, 0.3) is 0 Å². The first-order valence-electron chi connectivity index (χ1n) is 7.13. The third-order valence-electron chi connectivity index (χ3n) is 3.29. The predicted molar refractivity (Wildman–Crippen MR) is 83.0 cm³/mol. The molecule has 0 unspecified atom stereocenters. The van der Waals surface area contributed by atoms with Crippen molar-refractivity contribution in [1.82, 2.24) is 10.2 Å². The third kappa shape index (κ3) is 4.18. The van der Waals surface area contributed by atoms with Gasteiger partial charge in [0.15, 0.2) is 5.69 Å². The number of hydrogen-bond donors (Lipinski definition) is 3. The smallest absolute Gasteiger partial charge is 0.303 e. The number of nitrogens with zero attached hydrogens (tertiary/aromatic N) is 1. The molecule has 3 N–H and O–H groups in total. The van der Waals surface area contributed by atoms with Crippen LogP contribution in [-0.4, -0.2) is 27.2 Å². The maximum atomic E-state index is 12.1. The molecule has 0 fully saturated rings. The number of aromatic amines is 1. The summed E-state index contributed by atoms with van der Waals surface area (Å²) in [4.78, 5) is 22.6. The normalized spacial score (nSPS) is 10.7. The van der Waals surface area contributed by atoms with Crippen molar-refractivity contribution < 1.29 is 14.7 Å². The molecular formula is C16H19N3O3. The number of hydrogen-bond acceptors (Lipinski definition) is 3. The van der Waals surface area contributed by atoms with Crippen molar-refractivity contribution in [3.05, 3.63) is 47.3 Å². The van der Waals surface area contributed by atoms with Crippen LogP contribution in [0.4, 0.5) is 5.69 Å². The van der Waals surface area contributed by atoms with Crippen LogP contribution in [-0.2, 0) is 11.2 Å². The number of rotatable bonds is 6. The number of nitrogens with one attached hydrogen (secondary N) is 2. The van der Waals surface area contributed by atoms with Gasteiger partial charge in [-0.05, 0) is 36.1 Å². The lowest BCUT2D eigenvalue weighted by atomic mass is 10.1. The molecule has 0 aliphatic rings. The summed E-state index contributed by atoms with van der Waals surface area (Å²) in [7, 11) is 0. The Hall–Kier alpha value is -2.63. The zero-order valence-electron chi connectivity index (χ0n) is 12.6. The summed E-state index contributed by atoms with van der Waals surface area (Å²) < 4.78 is 0. The van der Waals surface area contributed by atoms with E-state index in [1.165, 1.54) is 0 Å². The molecule has 22 heavy (non-hydrogen) atoms. The fraction of sp³-hybridized carbons (Fsp3) is 0.312. The highest BCUT2D eigenvalue weighted by Crippen LogP contribution is 2.15. The number of amides is 1. The Labute approximate surface area is 128 Å². The van der Waals surface area contributed by atoms with E-state index in [-0.39, 0.29) is 18.2 Å². The third-order valence-corrected chi connectivity index (χ3v) is 3.29. The van der Waals surface area contributed by atoms with Gasteiger partial charge in [0.05, 0.1) is 0 Å². The van der Waals surface area contributed by atoms with Crippen LogP contribution < -0.4 is 5.32 Å². The van der Waals surface area contributed by atoms with E-state index < -0.39 is 5.97 Å². The molecule has 1 aromatic carbocycles. The summed E-state index contributed by atoms with van der Waals surface area (Å²) in [6.45, 7) is 4.04. The molecule has 0 aliphatic heterocycles. The van der Waals surface area contributed by atoms with Gasteiger partial charge in [0.25, 0.3) is 5.91 Å². The molecule has 0 saturated carbocycles. The minimum atomic E-state index is -0.822. The Balaban J connectivity index is 1.97. The molecule has 6 heteroatoms. The maximum absolute atomic E-state index is 12.1. The lowest BCUT2D eigenvalue weighted by Gasteiger charge is -2.04. The van der Waals surface area contributed by atoms with Gasteiger partial charge in [0.2, 0.25) is 0 Å². The van der Waals surface area contributed by atoms with Crippen molar-refractivity contribution in [2.75, 3.05) is 5.32 Å². The number of aliphatic carboxylic acids is 1. The molecular weight excluding hydrogens is 282 g/mol. The molecule has 0 radical (unpaired) electrons. The standard InChI is InChI=1S/C16H19N3O3/c1-10(2)13-9-14(19-18-13)16(22)17-12-6-3-11(4-7-12)5-8-15(20)21/h3-4,6-7,9-10H,5,8H2,1-2H3,(H,17,22)(H,18,19)(H,20,21). The second-order valence-corrected chi connectivity index (χ2v) is 5.41. The summed E-state index contributed by atoms with van der Waals surface area (Å²) in [5, 5.41) is 18.3. The number of aryl methyl sites for hydroxylation is 1. The van der Waals surface area contributed by atoms with Gasteiger partial charge in [0, 0.05) is 17.8 Å². The van der Waals surface area contributed by atoms with Gasteiger partial charge in [-0.25, -0.2) is 0 Å². The number of carbonyl (C=O) groups excluding carboxylic acids is 1. The molecule has 0 saturated heterocycles. The van der Waals surface area contributed by atoms with Crippen molar-refractivity contribution >= 4 is 17.6 Å². The van der Waals surface area contributed by atoms with E-state index in [2.05, 4.69) is 15.5 Å². The van der Waals surface area contributed by atoms with Crippen LogP contribution in [0.3, 0.4) is 0 Å². The minimum absolute atomic E-state index is 0.0942. The zero-order chi connectivity index (χ0) is 16.1. The quantitative estimate of drug-likeness (QED) is 0.764. The Morgan fingerprint density at radius 1 is 1.27 bits per heavy atom. The fourth-order valence-corrected chi connectivity index (χ4v) is 1.95. The number of carboxylic acids is 1.